The van der Waals surface area contributed by atoms with Crippen LogP contribution in [0.3, 0.4) is 0 Å². The van der Waals surface area contributed by atoms with E-state index in [1.807, 2.05) is 20.8 Å². The number of carbonyl (C=O) groups excluding carboxylic acids is 1. The molecule has 7 nitrogen and oxygen atoms in total. The Morgan fingerprint density at radius 3 is 1.96 bits per heavy atom. The second kappa shape index (κ2) is 7.83. The van der Waals surface area contributed by atoms with Gasteiger partial charge in [-0.1, -0.05) is 0 Å². The van der Waals surface area contributed by atoms with E-state index in [1.165, 1.54) is 21.3 Å². The van der Waals surface area contributed by atoms with Gasteiger partial charge in [0.15, 0.2) is 11.5 Å². The lowest BCUT2D eigenvalue weighted by molar-refractivity contribution is 0.0465. The molecule has 2 rings (SSSR count). The summed E-state index contributed by atoms with van der Waals surface area (Å²) in [7, 11) is 4.47. The number of hydrogen-bond donors (Lipinski definition) is 0. The molecule has 0 aliphatic rings. The normalized spacial score (nSPS) is 10.3. The van der Waals surface area contributed by atoms with E-state index in [0.717, 1.165) is 17.1 Å². The average molecular weight is 346 g/mol. The second-order valence-electron chi connectivity index (χ2n) is 5.42. The zero-order valence-electron chi connectivity index (χ0n) is 15.3. The molecule has 0 amide bonds. The molecule has 1 aromatic heterocycles. The van der Waals surface area contributed by atoms with E-state index in [-0.39, 0.29) is 6.61 Å². The van der Waals surface area contributed by atoms with Crippen LogP contribution in [0, 0.1) is 20.8 Å². The summed E-state index contributed by atoms with van der Waals surface area (Å²) in [6.45, 7) is 5.63. The quantitative estimate of drug-likeness (QED) is 0.744. The maximum absolute atomic E-state index is 12.4. The summed E-state index contributed by atoms with van der Waals surface area (Å²) in [5, 5.41) is 0. The summed E-state index contributed by atoms with van der Waals surface area (Å²) in [6, 6.07) is 3.09. The predicted molar refractivity (Wildman–Crippen MR) is 91.5 cm³/mol. The fraction of sp³-hybridized carbons (Fsp3) is 0.389. The maximum Gasteiger partial charge on any atom is 0.338 e. The number of ether oxygens (including phenoxy) is 4. The zero-order valence-corrected chi connectivity index (χ0v) is 15.3. The van der Waals surface area contributed by atoms with Crippen molar-refractivity contribution in [2.24, 2.45) is 0 Å². The highest BCUT2D eigenvalue weighted by atomic mass is 16.5. The van der Waals surface area contributed by atoms with Gasteiger partial charge >= 0.3 is 5.97 Å². The summed E-state index contributed by atoms with van der Waals surface area (Å²) in [4.78, 5) is 21.2. The van der Waals surface area contributed by atoms with E-state index in [9.17, 15) is 4.79 Å². The van der Waals surface area contributed by atoms with Gasteiger partial charge < -0.3 is 18.9 Å². The Morgan fingerprint density at radius 2 is 1.44 bits per heavy atom. The van der Waals surface area contributed by atoms with Crippen molar-refractivity contribution in [2.75, 3.05) is 21.3 Å². The molecule has 0 aliphatic heterocycles. The van der Waals surface area contributed by atoms with Crippen LogP contribution < -0.4 is 14.2 Å². The molecule has 0 aliphatic carbocycles. The fourth-order valence-corrected chi connectivity index (χ4v) is 2.31. The summed E-state index contributed by atoms with van der Waals surface area (Å²) in [5.41, 5.74) is 3.33. The van der Waals surface area contributed by atoms with Crippen LogP contribution in [0.2, 0.25) is 0 Å². The molecule has 0 bridgehead atoms. The minimum absolute atomic E-state index is 0.0371. The highest BCUT2D eigenvalue weighted by Gasteiger charge is 2.18. The van der Waals surface area contributed by atoms with E-state index in [0.29, 0.717) is 28.5 Å². The van der Waals surface area contributed by atoms with Crippen LogP contribution in [0.5, 0.6) is 17.2 Å². The third kappa shape index (κ3) is 3.99. The molecule has 0 fully saturated rings. The summed E-state index contributed by atoms with van der Waals surface area (Å²) in [6.07, 6.45) is 0. The highest BCUT2D eigenvalue weighted by molar-refractivity contribution is 5.91. The molecule has 1 heterocycles. The molecule has 25 heavy (non-hydrogen) atoms. The van der Waals surface area contributed by atoms with E-state index in [2.05, 4.69) is 9.97 Å². The molecule has 0 saturated carbocycles. The van der Waals surface area contributed by atoms with Crippen LogP contribution in [-0.4, -0.2) is 37.3 Å². The van der Waals surface area contributed by atoms with Gasteiger partial charge in [0, 0.05) is 0 Å². The van der Waals surface area contributed by atoms with Gasteiger partial charge in [0.05, 0.1) is 49.7 Å². The maximum atomic E-state index is 12.4. The molecule has 0 saturated heterocycles. The Bertz CT molecular complexity index is 764. The SMILES string of the molecule is COc1cc(C(=O)OCc2nc(C)c(C)nc2C)cc(OC)c1OC. The van der Waals surface area contributed by atoms with E-state index >= 15 is 0 Å². The number of benzene rings is 1. The standard InChI is InChI=1S/C18H22N2O5/c1-10-11(2)20-14(12(3)19-10)9-25-18(21)13-7-15(22-4)17(24-6)16(8-13)23-5/h7-8H,9H2,1-6H3. The molecular formula is C18H22N2O5. The van der Waals surface area contributed by atoms with E-state index < -0.39 is 5.97 Å². The van der Waals surface area contributed by atoms with Crippen LogP contribution in [0.25, 0.3) is 0 Å². The number of nitrogens with zero attached hydrogens (tertiary/aromatic N) is 2. The molecular weight excluding hydrogens is 324 g/mol. The number of hydrogen-bond acceptors (Lipinski definition) is 7. The zero-order chi connectivity index (χ0) is 18.6. The van der Waals surface area contributed by atoms with Crippen LogP contribution in [0.4, 0.5) is 0 Å². The first-order valence-corrected chi connectivity index (χ1v) is 7.69. The highest BCUT2D eigenvalue weighted by Crippen LogP contribution is 2.38. The molecule has 0 radical (unpaired) electrons. The summed E-state index contributed by atoms with van der Waals surface area (Å²) < 4.78 is 21.1. The van der Waals surface area contributed by atoms with Gasteiger partial charge in [0.25, 0.3) is 0 Å². The van der Waals surface area contributed by atoms with Crippen molar-refractivity contribution in [3.63, 3.8) is 0 Å². The lowest BCUT2D eigenvalue weighted by atomic mass is 10.2. The average Bonchev–Trinajstić information content (AvgIpc) is 2.61. The third-order valence-electron chi connectivity index (χ3n) is 3.82. The van der Waals surface area contributed by atoms with Gasteiger partial charge in [-0.15, -0.1) is 0 Å². The van der Waals surface area contributed by atoms with Crippen LogP contribution in [-0.2, 0) is 11.3 Å². The molecule has 0 N–H and O–H groups in total. The Hall–Kier alpha value is -2.83. The van der Waals surface area contributed by atoms with E-state index in [1.54, 1.807) is 12.1 Å². The molecule has 0 unspecified atom stereocenters. The largest absolute Gasteiger partial charge is 0.493 e. The van der Waals surface area contributed by atoms with Crippen molar-refractivity contribution >= 4 is 5.97 Å². The smallest absolute Gasteiger partial charge is 0.338 e. The fourth-order valence-electron chi connectivity index (χ4n) is 2.31. The number of aryl methyl sites for hydroxylation is 3. The first kappa shape index (κ1) is 18.5. The van der Waals surface area contributed by atoms with E-state index in [4.69, 9.17) is 18.9 Å². The van der Waals surface area contributed by atoms with Gasteiger partial charge in [-0.3, -0.25) is 9.97 Å². The second-order valence-corrected chi connectivity index (χ2v) is 5.42. The van der Waals surface area contributed by atoms with Crippen LogP contribution in [0.1, 0.15) is 33.1 Å². The first-order valence-electron chi connectivity index (χ1n) is 7.69. The Morgan fingerprint density at radius 1 is 0.880 bits per heavy atom. The Kier molecular flexibility index (Phi) is 5.80. The van der Waals surface area contributed by atoms with Gasteiger partial charge in [-0.05, 0) is 32.9 Å². The van der Waals surface area contributed by atoms with Crippen molar-refractivity contribution in [3.8, 4) is 17.2 Å². The number of esters is 1. The number of aromatic nitrogens is 2. The van der Waals surface area contributed by atoms with Gasteiger partial charge in [-0.25, -0.2) is 4.79 Å². The number of rotatable bonds is 6. The Balaban J connectivity index is 2.23. The molecule has 0 spiro atoms. The minimum atomic E-state index is -0.515. The molecule has 134 valence electrons. The number of methoxy groups -OCH3 is 3. The summed E-state index contributed by atoms with van der Waals surface area (Å²) in [5.74, 6) is 0.669. The van der Waals surface area contributed by atoms with Crippen LogP contribution in [0.15, 0.2) is 12.1 Å². The predicted octanol–water partition coefficient (Wildman–Crippen LogP) is 2.78. The van der Waals surface area contributed by atoms with Crippen molar-refractivity contribution < 1.29 is 23.7 Å². The minimum Gasteiger partial charge on any atom is -0.493 e. The topological polar surface area (TPSA) is 79.8 Å². The molecule has 1 aromatic carbocycles. The third-order valence-corrected chi connectivity index (χ3v) is 3.82. The molecule has 7 heteroatoms. The summed E-state index contributed by atoms with van der Waals surface area (Å²) >= 11 is 0. The van der Waals surface area contributed by atoms with Gasteiger partial charge in [-0.2, -0.15) is 0 Å². The number of carbonyl (C=O) groups is 1. The van der Waals surface area contributed by atoms with Crippen molar-refractivity contribution in [2.45, 2.75) is 27.4 Å². The van der Waals surface area contributed by atoms with Gasteiger partial charge in [0.2, 0.25) is 5.75 Å². The van der Waals surface area contributed by atoms with Crippen molar-refractivity contribution in [3.05, 3.63) is 40.5 Å². The first-order chi connectivity index (χ1) is 11.9. The molecule has 2 aromatic rings. The van der Waals surface area contributed by atoms with Crippen LogP contribution >= 0.6 is 0 Å². The molecule has 0 atom stereocenters. The monoisotopic (exact) mass is 346 g/mol. The van der Waals surface area contributed by atoms with Gasteiger partial charge in [0.1, 0.15) is 6.61 Å². The van der Waals surface area contributed by atoms with Crippen molar-refractivity contribution in [1.82, 2.24) is 9.97 Å². The lowest BCUT2D eigenvalue weighted by Gasteiger charge is -2.14. The lowest BCUT2D eigenvalue weighted by Crippen LogP contribution is -2.10. The van der Waals surface area contributed by atoms with Crippen molar-refractivity contribution in [1.29, 1.82) is 0 Å². The Labute approximate surface area is 146 Å².